The van der Waals surface area contributed by atoms with Gasteiger partial charge in [0.1, 0.15) is 9.84 Å². The molecule has 1 atom stereocenters. The third-order valence-electron chi connectivity index (χ3n) is 1.89. The van der Waals surface area contributed by atoms with Gasteiger partial charge in [-0.2, -0.15) is 0 Å². The van der Waals surface area contributed by atoms with Crippen molar-refractivity contribution < 1.29 is 8.42 Å². The first-order valence-electron chi connectivity index (χ1n) is 4.60. The van der Waals surface area contributed by atoms with Crippen LogP contribution >= 0.6 is 15.9 Å². The highest BCUT2D eigenvalue weighted by Gasteiger charge is 2.13. The third-order valence-corrected chi connectivity index (χ3v) is 3.97. The second-order valence-electron chi connectivity index (χ2n) is 3.72. The van der Waals surface area contributed by atoms with E-state index < -0.39 is 9.84 Å². The SMILES string of the molecule is Cc1ccc(CC(Br)CS(C)(=O)=O)nc1. The van der Waals surface area contributed by atoms with Gasteiger partial charge in [-0.05, 0) is 18.6 Å². The molecule has 0 N–H and O–H groups in total. The molecule has 0 aromatic carbocycles. The summed E-state index contributed by atoms with van der Waals surface area (Å²) in [7, 11) is -2.93. The van der Waals surface area contributed by atoms with Gasteiger partial charge >= 0.3 is 0 Å². The molecule has 15 heavy (non-hydrogen) atoms. The molecular weight excluding hydrogens is 278 g/mol. The van der Waals surface area contributed by atoms with Crippen LogP contribution in [0.4, 0.5) is 0 Å². The molecule has 0 radical (unpaired) electrons. The van der Waals surface area contributed by atoms with Gasteiger partial charge in [0.05, 0.1) is 5.75 Å². The van der Waals surface area contributed by atoms with Crippen LogP contribution in [0.2, 0.25) is 0 Å². The monoisotopic (exact) mass is 291 g/mol. The van der Waals surface area contributed by atoms with Gasteiger partial charge < -0.3 is 0 Å². The van der Waals surface area contributed by atoms with Crippen molar-refractivity contribution in [1.82, 2.24) is 4.98 Å². The number of nitrogens with zero attached hydrogens (tertiary/aromatic N) is 1. The number of alkyl halides is 1. The van der Waals surface area contributed by atoms with E-state index in [-0.39, 0.29) is 10.6 Å². The molecule has 0 spiro atoms. The standard InChI is InChI=1S/C10H14BrNO2S/c1-8-3-4-10(12-6-8)5-9(11)7-15(2,13)14/h3-4,6,9H,5,7H2,1-2H3. The maximum atomic E-state index is 11.0. The lowest BCUT2D eigenvalue weighted by atomic mass is 10.2. The zero-order chi connectivity index (χ0) is 11.5. The van der Waals surface area contributed by atoms with E-state index in [1.54, 1.807) is 6.20 Å². The lowest BCUT2D eigenvalue weighted by Crippen LogP contribution is -2.17. The molecule has 0 amide bonds. The van der Waals surface area contributed by atoms with Crippen LogP contribution in [-0.2, 0) is 16.3 Å². The molecule has 0 fully saturated rings. The van der Waals surface area contributed by atoms with Crippen molar-refractivity contribution >= 4 is 25.8 Å². The average Bonchev–Trinajstić information content (AvgIpc) is 2.05. The molecule has 1 unspecified atom stereocenters. The molecule has 5 heteroatoms. The maximum Gasteiger partial charge on any atom is 0.148 e. The zero-order valence-corrected chi connectivity index (χ0v) is 11.2. The Balaban J connectivity index is 2.59. The molecule has 84 valence electrons. The van der Waals surface area contributed by atoms with Gasteiger partial charge in [0.15, 0.2) is 0 Å². The van der Waals surface area contributed by atoms with Crippen LogP contribution in [0.5, 0.6) is 0 Å². The Bertz CT molecular complexity index is 414. The minimum Gasteiger partial charge on any atom is -0.261 e. The van der Waals surface area contributed by atoms with Crippen LogP contribution in [0.1, 0.15) is 11.3 Å². The lowest BCUT2D eigenvalue weighted by molar-refractivity contribution is 0.600. The van der Waals surface area contributed by atoms with E-state index in [9.17, 15) is 8.42 Å². The first-order valence-corrected chi connectivity index (χ1v) is 7.58. The van der Waals surface area contributed by atoms with Gasteiger partial charge in [0.25, 0.3) is 0 Å². The Morgan fingerprint density at radius 3 is 2.60 bits per heavy atom. The van der Waals surface area contributed by atoms with Gasteiger partial charge in [0, 0.05) is 29.4 Å². The van der Waals surface area contributed by atoms with Gasteiger partial charge in [-0.15, -0.1) is 0 Å². The Labute approximate surface area is 99.0 Å². The summed E-state index contributed by atoms with van der Waals surface area (Å²) >= 11 is 3.35. The number of hydrogen-bond donors (Lipinski definition) is 0. The van der Waals surface area contributed by atoms with Gasteiger partial charge in [0.2, 0.25) is 0 Å². The van der Waals surface area contributed by atoms with Crippen LogP contribution in [0, 0.1) is 6.92 Å². The quantitative estimate of drug-likeness (QED) is 0.794. The summed E-state index contributed by atoms with van der Waals surface area (Å²) in [5, 5.41) is 0. The van der Waals surface area contributed by atoms with Crippen molar-refractivity contribution in [3.8, 4) is 0 Å². The van der Waals surface area contributed by atoms with Crippen LogP contribution in [0.15, 0.2) is 18.3 Å². The Kier molecular flexibility index (Phi) is 4.28. The van der Waals surface area contributed by atoms with E-state index in [2.05, 4.69) is 20.9 Å². The van der Waals surface area contributed by atoms with Crippen LogP contribution < -0.4 is 0 Å². The molecule has 1 aromatic rings. The highest BCUT2D eigenvalue weighted by Crippen LogP contribution is 2.10. The number of aromatic nitrogens is 1. The third kappa shape index (κ3) is 5.28. The molecule has 3 nitrogen and oxygen atoms in total. The second kappa shape index (κ2) is 5.07. The molecule has 0 aliphatic carbocycles. The Hall–Kier alpha value is -0.420. The molecule has 0 aliphatic heterocycles. The van der Waals surface area contributed by atoms with Crippen LogP contribution in [0.3, 0.4) is 0 Å². The molecule has 1 heterocycles. The first-order chi connectivity index (χ1) is 6.87. The normalized spacial score (nSPS) is 13.8. The van der Waals surface area contributed by atoms with Crippen molar-refractivity contribution in [2.45, 2.75) is 18.2 Å². The predicted molar refractivity (Wildman–Crippen MR) is 65.1 cm³/mol. The zero-order valence-electron chi connectivity index (χ0n) is 8.77. The minimum atomic E-state index is -2.93. The fourth-order valence-electron chi connectivity index (χ4n) is 1.23. The summed E-state index contributed by atoms with van der Waals surface area (Å²) in [5.74, 6) is 0.141. The number of halogens is 1. The minimum absolute atomic E-state index is 0.0669. The van der Waals surface area contributed by atoms with E-state index in [1.807, 2.05) is 19.1 Å². The van der Waals surface area contributed by atoms with Crippen LogP contribution in [0.25, 0.3) is 0 Å². The van der Waals surface area contributed by atoms with E-state index in [4.69, 9.17) is 0 Å². The first kappa shape index (κ1) is 12.6. The number of aryl methyl sites for hydroxylation is 1. The fraction of sp³-hybridized carbons (Fsp3) is 0.500. The van der Waals surface area contributed by atoms with Crippen molar-refractivity contribution in [2.75, 3.05) is 12.0 Å². The topological polar surface area (TPSA) is 47.0 Å². The highest BCUT2D eigenvalue weighted by atomic mass is 79.9. The summed E-state index contributed by atoms with van der Waals surface area (Å²) < 4.78 is 22.1. The van der Waals surface area contributed by atoms with E-state index in [1.165, 1.54) is 6.26 Å². The average molecular weight is 292 g/mol. The largest absolute Gasteiger partial charge is 0.261 e. The Morgan fingerprint density at radius 2 is 2.13 bits per heavy atom. The van der Waals surface area contributed by atoms with Gasteiger partial charge in [-0.3, -0.25) is 4.98 Å². The summed E-state index contributed by atoms with van der Waals surface area (Å²) in [4.78, 5) is 4.16. The molecule has 0 saturated heterocycles. The van der Waals surface area contributed by atoms with Crippen LogP contribution in [-0.4, -0.2) is 30.2 Å². The summed E-state index contributed by atoms with van der Waals surface area (Å²) in [5.41, 5.74) is 2.01. The molecule has 0 aliphatic rings. The molecule has 1 rings (SSSR count). The van der Waals surface area contributed by atoms with E-state index >= 15 is 0 Å². The predicted octanol–water partition coefficient (Wildman–Crippen LogP) is 1.74. The molecule has 0 bridgehead atoms. The lowest BCUT2D eigenvalue weighted by Gasteiger charge is -2.07. The van der Waals surface area contributed by atoms with Gasteiger partial charge in [-0.25, -0.2) is 8.42 Å². The van der Waals surface area contributed by atoms with E-state index in [0.29, 0.717) is 6.42 Å². The smallest absolute Gasteiger partial charge is 0.148 e. The fourth-order valence-corrected chi connectivity index (χ4v) is 3.78. The Morgan fingerprint density at radius 1 is 1.47 bits per heavy atom. The maximum absolute atomic E-state index is 11.0. The summed E-state index contributed by atoms with van der Waals surface area (Å²) in [6, 6.07) is 3.90. The number of sulfone groups is 1. The van der Waals surface area contributed by atoms with Crippen molar-refractivity contribution in [1.29, 1.82) is 0 Å². The van der Waals surface area contributed by atoms with Crippen molar-refractivity contribution in [2.24, 2.45) is 0 Å². The molecule has 0 saturated carbocycles. The number of hydrogen-bond acceptors (Lipinski definition) is 3. The number of rotatable bonds is 4. The molecule has 1 aromatic heterocycles. The second-order valence-corrected chi connectivity index (χ2v) is 7.20. The summed E-state index contributed by atoms with van der Waals surface area (Å²) in [6.45, 7) is 1.97. The highest BCUT2D eigenvalue weighted by molar-refractivity contribution is 9.09. The van der Waals surface area contributed by atoms with E-state index in [0.717, 1.165) is 11.3 Å². The van der Waals surface area contributed by atoms with Gasteiger partial charge in [-0.1, -0.05) is 22.0 Å². The number of pyridine rings is 1. The van der Waals surface area contributed by atoms with Crippen molar-refractivity contribution in [3.05, 3.63) is 29.6 Å². The van der Waals surface area contributed by atoms with Crippen molar-refractivity contribution in [3.63, 3.8) is 0 Å². The molecular formula is C10H14BrNO2S. The summed E-state index contributed by atoms with van der Waals surface area (Å²) in [6.07, 6.45) is 3.66.